The first kappa shape index (κ1) is 21.5. The van der Waals surface area contributed by atoms with Gasteiger partial charge in [0.25, 0.3) is 0 Å². The van der Waals surface area contributed by atoms with E-state index in [9.17, 15) is 30.8 Å². The van der Waals surface area contributed by atoms with Crippen molar-refractivity contribution in [3.8, 4) is 5.75 Å². The summed E-state index contributed by atoms with van der Waals surface area (Å²) >= 11 is 0. The summed E-state index contributed by atoms with van der Waals surface area (Å²) in [5, 5.41) is 2.39. The fourth-order valence-corrected chi connectivity index (χ4v) is 3.58. The number of nitrogens with zero attached hydrogens (tertiary/aromatic N) is 1. The highest BCUT2D eigenvalue weighted by Gasteiger charge is 2.31. The molecule has 2 aromatic carbocycles. The van der Waals surface area contributed by atoms with Gasteiger partial charge in [-0.3, -0.25) is 9.10 Å². The second kappa shape index (κ2) is 8.05. The maximum atomic E-state index is 13.5. The summed E-state index contributed by atoms with van der Waals surface area (Å²) in [6.45, 7) is 1.29. The molecule has 2 aromatic rings. The number of halogens is 4. The Labute approximate surface area is 158 Å². The lowest BCUT2D eigenvalue weighted by molar-refractivity contribution is -0.274. The number of carbonyl (C=O) groups is 1. The second-order valence-electron chi connectivity index (χ2n) is 5.78. The van der Waals surface area contributed by atoms with Crippen LogP contribution in [0.25, 0.3) is 0 Å². The quantitative estimate of drug-likeness (QED) is 0.726. The summed E-state index contributed by atoms with van der Waals surface area (Å²) in [5.74, 6) is -1.92. The van der Waals surface area contributed by atoms with Crippen LogP contribution in [0.2, 0.25) is 0 Å². The van der Waals surface area contributed by atoms with Crippen molar-refractivity contribution < 1.29 is 35.5 Å². The largest absolute Gasteiger partial charge is 0.573 e. The van der Waals surface area contributed by atoms with Gasteiger partial charge in [0.05, 0.1) is 11.9 Å². The summed E-state index contributed by atoms with van der Waals surface area (Å²) < 4.78 is 78.7. The number of hydrogen-bond donors (Lipinski definition) is 1. The van der Waals surface area contributed by atoms with E-state index in [0.717, 1.165) is 34.8 Å². The topological polar surface area (TPSA) is 75.7 Å². The standard InChI is InChI=1S/C17H16F4N2O4S/c1-11(23(28(2,25)26)14-5-3-4-12(18)10-14)16(24)22-13-6-8-15(9-7-13)27-17(19,20)21/h3-11H,1-2H3,(H,22,24)/t11-/m1/s1. The molecule has 6 nitrogen and oxygen atoms in total. The highest BCUT2D eigenvalue weighted by Crippen LogP contribution is 2.25. The molecule has 28 heavy (non-hydrogen) atoms. The molecule has 0 radical (unpaired) electrons. The lowest BCUT2D eigenvalue weighted by Gasteiger charge is -2.28. The van der Waals surface area contributed by atoms with Crippen molar-refractivity contribution in [1.29, 1.82) is 0 Å². The molecule has 0 unspecified atom stereocenters. The van der Waals surface area contributed by atoms with E-state index in [0.29, 0.717) is 0 Å². The van der Waals surface area contributed by atoms with Gasteiger partial charge in [0, 0.05) is 5.69 Å². The predicted molar refractivity (Wildman–Crippen MR) is 94.9 cm³/mol. The van der Waals surface area contributed by atoms with Gasteiger partial charge in [0.15, 0.2) is 0 Å². The number of rotatable bonds is 6. The lowest BCUT2D eigenvalue weighted by Crippen LogP contribution is -2.45. The SMILES string of the molecule is C[C@H](C(=O)Nc1ccc(OC(F)(F)F)cc1)N(c1cccc(F)c1)S(C)(=O)=O. The number of alkyl halides is 3. The number of carbonyl (C=O) groups excluding carboxylic acids is 1. The molecule has 1 atom stereocenters. The molecule has 152 valence electrons. The average molecular weight is 420 g/mol. The van der Waals surface area contributed by atoms with Crippen LogP contribution in [-0.4, -0.2) is 33.0 Å². The average Bonchev–Trinajstić information content (AvgIpc) is 2.54. The number of sulfonamides is 1. The molecule has 11 heteroatoms. The maximum absolute atomic E-state index is 13.5. The minimum absolute atomic E-state index is 0.0425. The van der Waals surface area contributed by atoms with Gasteiger partial charge in [0.1, 0.15) is 17.6 Å². The molecule has 1 amide bonds. The Morgan fingerprint density at radius 2 is 1.75 bits per heavy atom. The third kappa shape index (κ3) is 5.84. The molecule has 0 spiro atoms. The van der Waals surface area contributed by atoms with E-state index >= 15 is 0 Å². The van der Waals surface area contributed by atoms with Crippen LogP contribution in [0.4, 0.5) is 28.9 Å². The zero-order valence-corrected chi connectivity index (χ0v) is 15.5. The minimum atomic E-state index is -4.85. The van der Waals surface area contributed by atoms with Crippen molar-refractivity contribution in [1.82, 2.24) is 0 Å². The van der Waals surface area contributed by atoms with Gasteiger partial charge in [-0.15, -0.1) is 13.2 Å². The van der Waals surface area contributed by atoms with Crippen LogP contribution in [0.3, 0.4) is 0 Å². The second-order valence-corrected chi connectivity index (χ2v) is 7.64. The summed E-state index contributed by atoms with van der Waals surface area (Å²) in [4.78, 5) is 12.5. The third-order valence-corrected chi connectivity index (χ3v) is 4.75. The van der Waals surface area contributed by atoms with Crippen molar-refractivity contribution in [2.24, 2.45) is 0 Å². The van der Waals surface area contributed by atoms with E-state index < -0.39 is 39.9 Å². The van der Waals surface area contributed by atoms with Gasteiger partial charge in [0.2, 0.25) is 15.9 Å². The van der Waals surface area contributed by atoms with Crippen molar-refractivity contribution in [2.45, 2.75) is 19.3 Å². The van der Waals surface area contributed by atoms with Gasteiger partial charge < -0.3 is 10.1 Å². The Morgan fingerprint density at radius 1 is 1.14 bits per heavy atom. The molecule has 0 heterocycles. The van der Waals surface area contributed by atoms with Crippen LogP contribution in [0, 0.1) is 5.82 Å². The number of anilines is 2. The number of amides is 1. The maximum Gasteiger partial charge on any atom is 0.573 e. The van der Waals surface area contributed by atoms with E-state index in [1.807, 2.05) is 0 Å². The molecule has 0 aliphatic carbocycles. The van der Waals surface area contributed by atoms with Gasteiger partial charge in [-0.2, -0.15) is 0 Å². The molecule has 2 rings (SSSR count). The highest BCUT2D eigenvalue weighted by molar-refractivity contribution is 7.92. The summed E-state index contributed by atoms with van der Waals surface area (Å²) in [6.07, 6.45) is -3.98. The summed E-state index contributed by atoms with van der Waals surface area (Å²) in [7, 11) is -3.94. The van der Waals surface area contributed by atoms with E-state index in [1.165, 1.54) is 31.2 Å². The van der Waals surface area contributed by atoms with Crippen LogP contribution in [0.5, 0.6) is 5.75 Å². The number of nitrogens with one attached hydrogen (secondary N) is 1. The van der Waals surface area contributed by atoms with E-state index in [2.05, 4.69) is 10.1 Å². The summed E-state index contributed by atoms with van der Waals surface area (Å²) in [6, 6.07) is 7.78. The van der Waals surface area contributed by atoms with Gasteiger partial charge in [-0.25, -0.2) is 12.8 Å². The molecular weight excluding hydrogens is 404 g/mol. The van der Waals surface area contributed by atoms with Crippen LogP contribution < -0.4 is 14.4 Å². The van der Waals surface area contributed by atoms with Gasteiger partial charge in [-0.1, -0.05) is 6.07 Å². The van der Waals surface area contributed by atoms with Crippen LogP contribution in [0.1, 0.15) is 6.92 Å². The fourth-order valence-electron chi connectivity index (χ4n) is 2.41. The monoisotopic (exact) mass is 420 g/mol. The number of ether oxygens (including phenoxy) is 1. The van der Waals surface area contributed by atoms with Crippen molar-refractivity contribution in [3.63, 3.8) is 0 Å². The van der Waals surface area contributed by atoms with E-state index in [-0.39, 0.29) is 11.4 Å². The zero-order valence-electron chi connectivity index (χ0n) is 14.7. The molecule has 0 aliphatic rings. The van der Waals surface area contributed by atoms with E-state index in [4.69, 9.17) is 0 Å². The summed E-state index contributed by atoms with van der Waals surface area (Å²) in [5.41, 5.74) is 0.0816. The van der Waals surface area contributed by atoms with Gasteiger partial charge >= 0.3 is 6.36 Å². The smallest absolute Gasteiger partial charge is 0.406 e. The van der Waals surface area contributed by atoms with Gasteiger partial charge in [-0.05, 0) is 49.4 Å². The van der Waals surface area contributed by atoms with Crippen molar-refractivity contribution in [2.75, 3.05) is 15.9 Å². The lowest BCUT2D eigenvalue weighted by atomic mass is 10.2. The first-order valence-corrected chi connectivity index (χ1v) is 9.63. The zero-order chi connectivity index (χ0) is 21.1. The number of benzene rings is 2. The Hall–Kier alpha value is -2.82. The van der Waals surface area contributed by atoms with E-state index in [1.54, 1.807) is 0 Å². The Morgan fingerprint density at radius 3 is 2.25 bits per heavy atom. The Balaban J connectivity index is 2.19. The molecule has 0 fully saturated rings. The first-order valence-electron chi connectivity index (χ1n) is 7.78. The van der Waals surface area contributed by atoms with Crippen LogP contribution in [-0.2, 0) is 14.8 Å². The van der Waals surface area contributed by atoms with Crippen molar-refractivity contribution >= 4 is 27.3 Å². The van der Waals surface area contributed by atoms with Crippen LogP contribution >= 0.6 is 0 Å². The highest BCUT2D eigenvalue weighted by atomic mass is 32.2. The molecule has 0 bridgehead atoms. The van der Waals surface area contributed by atoms with Crippen molar-refractivity contribution in [3.05, 3.63) is 54.3 Å². The number of hydrogen-bond acceptors (Lipinski definition) is 4. The Bertz CT molecular complexity index is 946. The van der Waals surface area contributed by atoms with Crippen LogP contribution in [0.15, 0.2) is 48.5 Å². The normalized spacial score (nSPS) is 12.9. The molecule has 0 saturated carbocycles. The molecule has 0 aromatic heterocycles. The predicted octanol–water partition coefficient (Wildman–Crippen LogP) is 3.52. The molecule has 0 saturated heterocycles. The molecule has 1 N–H and O–H groups in total. The third-order valence-electron chi connectivity index (χ3n) is 3.51. The Kier molecular flexibility index (Phi) is 6.17. The molecule has 0 aliphatic heterocycles. The molecular formula is C17H16F4N2O4S. The minimum Gasteiger partial charge on any atom is -0.406 e. The fraction of sp³-hybridized carbons (Fsp3) is 0.235. The first-order chi connectivity index (χ1) is 12.9.